The molecule has 0 saturated carbocycles. The van der Waals surface area contributed by atoms with E-state index in [0.717, 1.165) is 12.8 Å². The van der Waals surface area contributed by atoms with Crippen molar-refractivity contribution in [3.8, 4) is 0 Å². The second-order valence-corrected chi connectivity index (χ2v) is 2.76. The van der Waals surface area contributed by atoms with Crippen LogP contribution in [0.1, 0.15) is 12.8 Å². The Morgan fingerprint density at radius 3 is 3.08 bits per heavy atom. The molecular formula is C9H13N3O. The van der Waals surface area contributed by atoms with E-state index < -0.39 is 0 Å². The first-order chi connectivity index (χ1) is 6.24. The van der Waals surface area contributed by atoms with Crippen LogP contribution in [-0.2, 0) is 6.54 Å². The molecular weight excluding hydrogens is 166 g/mol. The standard InChI is InChI=1S/C9H13N3O/c1-2-3-4-6-12-7-5-8(10)11-9(12)13/h2,5,7H,1,3-4,6H2,(H2,10,11,13). The Kier molecular flexibility index (Phi) is 3.25. The first-order valence-corrected chi connectivity index (χ1v) is 4.18. The normalized spacial score (nSPS) is 9.85. The summed E-state index contributed by atoms with van der Waals surface area (Å²) < 4.78 is 1.54. The van der Waals surface area contributed by atoms with Crippen molar-refractivity contribution in [2.75, 3.05) is 5.73 Å². The van der Waals surface area contributed by atoms with Crippen LogP contribution in [0.2, 0.25) is 0 Å². The van der Waals surface area contributed by atoms with Gasteiger partial charge in [0.25, 0.3) is 0 Å². The van der Waals surface area contributed by atoms with Crippen LogP contribution in [0.25, 0.3) is 0 Å². The smallest absolute Gasteiger partial charge is 0.349 e. The van der Waals surface area contributed by atoms with Crippen LogP contribution >= 0.6 is 0 Å². The van der Waals surface area contributed by atoms with E-state index in [4.69, 9.17) is 5.73 Å². The summed E-state index contributed by atoms with van der Waals surface area (Å²) in [5.74, 6) is 0.268. The molecule has 0 atom stereocenters. The van der Waals surface area contributed by atoms with Crippen molar-refractivity contribution in [3.05, 3.63) is 35.4 Å². The summed E-state index contributed by atoms with van der Waals surface area (Å²) in [5.41, 5.74) is 5.05. The Morgan fingerprint density at radius 2 is 2.46 bits per heavy atom. The lowest BCUT2D eigenvalue weighted by atomic mass is 10.3. The van der Waals surface area contributed by atoms with Crippen LogP contribution in [0.5, 0.6) is 0 Å². The summed E-state index contributed by atoms with van der Waals surface area (Å²) >= 11 is 0. The third-order valence-corrected chi connectivity index (χ3v) is 1.70. The second kappa shape index (κ2) is 4.45. The zero-order valence-corrected chi connectivity index (χ0v) is 7.44. The van der Waals surface area contributed by atoms with E-state index in [0.29, 0.717) is 6.54 Å². The zero-order chi connectivity index (χ0) is 9.68. The number of allylic oxidation sites excluding steroid dienone is 1. The van der Waals surface area contributed by atoms with E-state index in [1.807, 2.05) is 6.08 Å². The Morgan fingerprint density at radius 1 is 1.69 bits per heavy atom. The van der Waals surface area contributed by atoms with Gasteiger partial charge < -0.3 is 5.73 Å². The topological polar surface area (TPSA) is 60.9 Å². The summed E-state index contributed by atoms with van der Waals surface area (Å²) in [4.78, 5) is 14.8. The molecule has 0 radical (unpaired) electrons. The van der Waals surface area contributed by atoms with Gasteiger partial charge >= 0.3 is 5.69 Å². The van der Waals surface area contributed by atoms with Crippen LogP contribution in [0.3, 0.4) is 0 Å². The minimum Gasteiger partial charge on any atom is -0.383 e. The predicted octanol–water partition coefficient (Wildman–Crippen LogP) is 0.792. The van der Waals surface area contributed by atoms with Crippen molar-refractivity contribution < 1.29 is 0 Å². The highest BCUT2D eigenvalue weighted by atomic mass is 16.1. The van der Waals surface area contributed by atoms with Gasteiger partial charge in [-0.25, -0.2) is 4.79 Å². The fourth-order valence-electron chi connectivity index (χ4n) is 1.02. The van der Waals surface area contributed by atoms with Crippen LogP contribution < -0.4 is 11.4 Å². The molecule has 4 heteroatoms. The first-order valence-electron chi connectivity index (χ1n) is 4.18. The van der Waals surface area contributed by atoms with Crippen LogP contribution in [0.15, 0.2) is 29.7 Å². The van der Waals surface area contributed by atoms with Gasteiger partial charge in [0.2, 0.25) is 0 Å². The van der Waals surface area contributed by atoms with Crippen molar-refractivity contribution in [1.82, 2.24) is 9.55 Å². The third-order valence-electron chi connectivity index (χ3n) is 1.70. The summed E-state index contributed by atoms with van der Waals surface area (Å²) in [5, 5.41) is 0. The molecule has 1 rings (SSSR count). The highest BCUT2D eigenvalue weighted by Gasteiger charge is 1.95. The van der Waals surface area contributed by atoms with Crippen LogP contribution in [0, 0.1) is 0 Å². The van der Waals surface area contributed by atoms with Crippen molar-refractivity contribution in [1.29, 1.82) is 0 Å². The lowest BCUT2D eigenvalue weighted by Gasteiger charge is -2.02. The van der Waals surface area contributed by atoms with Gasteiger partial charge in [-0.1, -0.05) is 6.08 Å². The van der Waals surface area contributed by atoms with Gasteiger partial charge in [0.05, 0.1) is 0 Å². The summed E-state index contributed by atoms with van der Waals surface area (Å²) in [7, 11) is 0. The molecule has 0 fully saturated rings. The largest absolute Gasteiger partial charge is 0.383 e. The molecule has 0 saturated heterocycles. The number of aryl methyl sites for hydroxylation is 1. The van der Waals surface area contributed by atoms with E-state index in [-0.39, 0.29) is 11.5 Å². The van der Waals surface area contributed by atoms with Crippen molar-refractivity contribution in [2.45, 2.75) is 19.4 Å². The minimum atomic E-state index is -0.288. The predicted molar refractivity (Wildman–Crippen MR) is 52.3 cm³/mol. The molecule has 70 valence electrons. The summed E-state index contributed by atoms with van der Waals surface area (Å²) in [6, 6.07) is 1.62. The maximum atomic E-state index is 11.2. The lowest BCUT2D eigenvalue weighted by molar-refractivity contribution is 0.615. The average Bonchev–Trinajstić information content (AvgIpc) is 2.09. The van der Waals surface area contributed by atoms with E-state index >= 15 is 0 Å². The van der Waals surface area contributed by atoms with Gasteiger partial charge in [-0.3, -0.25) is 4.57 Å². The Hall–Kier alpha value is -1.58. The second-order valence-electron chi connectivity index (χ2n) is 2.76. The molecule has 1 heterocycles. The molecule has 0 bridgehead atoms. The van der Waals surface area contributed by atoms with Gasteiger partial charge in [0.15, 0.2) is 0 Å². The number of nitrogens with zero attached hydrogens (tertiary/aromatic N) is 2. The highest BCUT2D eigenvalue weighted by Crippen LogP contribution is 1.94. The molecule has 1 aromatic heterocycles. The molecule has 13 heavy (non-hydrogen) atoms. The van der Waals surface area contributed by atoms with E-state index in [1.54, 1.807) is 16.8 Å². The number of nitrogens with two attached hydrogens (primary N) is 1. The van der Waals surface area contributed by atoms with E-state index in [2.05, 4.69) is 11.6 Å². The number of hydrogen-bond acceptors (Lipinski definition) is 3. The molecule has 0 unspecified atom stereocenters. The van der Waals surface area contributed by atoms with Crippen LogP contribution in [-0.4, -0.2) is 9.55 Å². The molecule has 1 aromatic rings. The molecule has 0 aliphatic carbocycles. The zero-order valence-electron chi connectivity index (χ0n) is 7.44. The fraction of sp³-hybridized carbons (Fsp3) is 0.333. The number of rotatable bonds is 4. The Labute approximate surface area is 76.7 Å². The molecule has 0 spiro atoms. The SMILES string of the molecule is C=CCCCn1ccc(N)nc1=O. The number of aromatic nitrogens is 2. The van der Waals surface area contributed by atoms with Crippen LogP contribution in [0.4, 0.5) is 5.82 Å². The maximum absolute atomic E-state index is 11.2. The highest BCUT2D eigenvalue weighted by molar-refractivity contribution is 5.23. The summed E-state index contributed by atoms with van der Waals surface area (Å²) in [6.45, 7) is 4.27. The average molecular weight is 179 g/mol. The molecule has 0 aliphatic heterocycles. The minimum absolute atomic E-state index is 0.268. The van der Waals surface area contributed by atoms with Gasteiger partial charge in [0, 0.05) is 12.7 Å². The number of nitrogen functional groups attached to an aromatic ring is 1. The Balaban J connectivity index is 2.67. The molecule has 0 aromatic carbocycles. The van der Waals surface area contributed by atoms with Gasteiger partial charge in [-0.2, -0.15) is 4.98 Å². The number of hydrogen-bond donors (Lipinski definition) is 1. The molecule has 0 amide bonds. The van der Waals surface area contributed by atoms with Crippen molar-refractivity contribution >= 4 is 5.82 Å². The van der Waals surface area contributed by atoms with E-state index in [1.165, 1.54) is 0 Å². The maximum Gasteiger partial charge on any atom is 0.349 e. The third kappa shape index (κ3) is 2.74. The first kappa shape index (κ1) is 9.51. The van der Waals surface area contributed by atoms with Gasteiger partial charge in [-0.05, 0) is 18.9 Å². The lowest BCUT2D eigenvalue weighted by Crippen LogP contribution is -2.23. The number of anilines is 1. The van der Waals surface area contributed by atoms with Crippen molar-refractivity contribution in [3.63, 3.8) is 0 Å². The van der Waals surface area contributed by atoms with Crippen molar-refractivity contribution in [2.24, 2.45) is 0 Å². The fourth-order valence-corrected chi connectivity index (χ4v) is 1.02. The monoisotopic (exact) mass is 179 g/mol. The molecule has 4 nitrogen and oxygen atoms in total. The molecule has 0 aliphatic rings. The quantitative estimate of drug-likeness (QED) is 0.549. The van der Waals surface area contributed by atoms with Gasteiger partial charge in [0.1, 0.15) is 5.82 Å². The Bertz CT molecular complexity index is 343. The molecule has 2 N–H and O–H groups in total. The summed E-state index contributed by atoms with van der Waals surface area (Å²) in [6.07, 6.45) is 5.29. The van der Waals surface area contributed by atoms with Gasteiger partial charge in [-0.15, -0.1) is 6.58 Å². The van der Waals surface area contributed by atoms with E-state index in [9.17, 15) is 4.79 Å². The number of unbranched alkanes of at least 4 members (excludes halogenated alkanes) is 1.